The standard InChI is InChI=1S/C19H16N6O/c1-13-10-18(24-23-13)22-19-21-17(12-20-25-19)14-6-5-9-16(11-14)26-15-7-3-2-4-8-15/h2-12H,1H3,(H2,21,22,23,24,25). The van der Waals surface area contributed by atoms with Crippen molar-refractivity contribution in [1.82, 2.24) is 25.4 Å². The van der Waals surface area contributed by atoms with E-state index in [1.54, 1.807) is 6.20 Å². The molecule has 2 aromatic heterocycles. The molecule has 0 aliphatic rings. The van der Waals surface area contributed by atoms with Crippen molar-refractivity contribution in [2.24, 2.45) is 0 Å². The van der Waals surface area contributed by atoms with Gasteiger partial charge < -0.3 is 10.1 Å². The Balaban J connectivity index is 1.57. The van der Waals surface area contributed by atoms with Gasteiger partial charge in [-0.1, -0.05) is 30.3 Å². The van der Waals surface area contributed by atoms with Crippen molar-refractivity contribution in [2.75, 3.05) is 5.32 Å². The zero-order valence-electron chi connectivity index (χ0n) is 14.0. The molecule has 0 fully saturated rings. The lowest BCUT2D eigenvalue weighted by Crippen LogP contribution is -2.00. The molecule has 7 nitrogen and oxygen atoms in total. The zero-order valence-corrected chi connectivity index (χ0v) is 14.0. The maximum absolute atomic E-state index is 5.88. The van der Waals surface area contributed by atoms with Crippen LogP contribution in [-0.4, -0.2) is 25.4 Å². The minimum atomic E-state index is 0.378. The third-order valence-electron chi connectivity index (χ3n) is 3.61. The predicted octanol–water partition coefficient (Wildman–Crippen LogP) is 4.11. The topological polar surface area (TPSA) is 88.6 Å². The molecule has 0 aliphatic carbocycles. The molecule has 0 amide bonds. The van der Waals surface area contributed by atoms with Gasteiger partial charge in [-0.3, -0.25) is 5.10 Å². The highest BCUT2D eigenvalue weighted by Crippen LogP contribution is 2.26. The van der Waals surface area contributed by atoms with Gasteiger partial charge in [0.1, 0.15) is 11.5 Å². The third-order valence-corrected chi connectivity index (χ3v) is 3.61. The minimum absolute atomic E-state index is 0.378. The molecule has 2 N–H and O–H groups in total. The van der Waals surface area contributed by atoms with E-state index in [1.807, 2.05) is 67.6 Å². The van der Waals surface area contributed by atoms with E-state index >= 15 is 0 Å². The number of aromatic nitrogens is 5. The second-order valence-corrected chi connectivity index (χ2v) is 5.67. The molecule has 0 saturated carbocycles. The largest absolute Gasteiger partial charge is 0.457 e. The molecule has 2 aromatic carbocycles. The molecule has 4 rings (SSSR count). The lowest BCUT2D eigenvalue weighted by atomic mass is 10.1. The van der Waals surface area contributed by atoms with E-state index in [-0.39, 0.29) is 0 Å². The first-order chi connectivity index (χ1) is 12.8. The van der Waals surface area contributed by atoms with Crippen molar-refractivity contribution in [2.45, 2.75) is 6.92 Å². The van der Waals surface area contributed by atoms with Crippen LogP contribution in [-0.2, 0) is 0 Å². The predicted molar refractivity (Wildman–Crippen MR) is 98.4 cm³/mol. The van der Waals surface area contributed by atoms with Gasteiger partial charge in [-0.15, -0.1) is 5.10 Å². The van der Waals surface area contributed by atoms with Gasteiger partial charge in [0, 0.05) is 17.3 Å². The number of benzene rings is 2. The number of aromatic amines is 1. The quantitative estimate of drug-likeness (QED) is 0.566. The number of H-pyrrole nitrogens is 1. The number of hydrogen-bond acceptors (Lipinski definition) is 6. The molecular formula is C19H16N6O. The van der Waals surface area contributed by atoms with Crippen molar-refractivity contribution in [3.63, 3.8) is 0 Å². The zero-order chi connectivity index (χ0) is 17.8. The first kappa shape index (κ1) is 15.8. The van der Waals surface area contributed by atoms with E-state index in [2.05, 4.69) is 30.7 Å². The van der Waals surface area contributed by atoms with Crippen molar-refractivity contribution < 1.29 is 4.74 Å². The Morgan fingerprint density at radius 3 is 2.62 bits per heavy atom. The summed E-state index contributed by atoms with van der Waals surface area (Å²) in [6.45, 7) is 1.92. The van der Waals surface area contributed by atoms with Crippen LogP contribution >= 0.6 is 0 Å². The Labute approximate surface area is 150 Å². The highest BCUT2D eigenvalue weighted by atomic mass is 16.5. The molecule has 0 bridgehead atoms. The Morgan fingerprint density at radius 2 is 1.81 bits per heavy atom. The van der Waals surface area contributed by atoms with Crippen LogP contribution in [0.1, 0.15) is 5.69 Å². The Hall–Kier alpha value is -3.74. The molecule has 0 atom stereocenters. The van der Waals surface area contributed by atoms with E-state index in [0.29, 0.717) is 17.5 Å². The Kier molecular flexibility index (Phi) is 4.26. The van der Waals surface area contributed by atoms with Crippen LogP contribution in [0.15, 0.2) is 66.9 Å². The molecule has 0 saturated heterocycles. The van der Waals surface area contributed by atoms with Gasteiger partial charge in [-0.25, -0.2) is 4.98 Å². The van der Waals surface area contributed by atoms with E-state index < -0.39 is 0 Å². The van der Waals surface area contributed by atoms with Gasteiger partial charge in [0.15, 0.2) is 5.82 Å². The van der Waals surface area contributed by atoms with Crippen molar-refractivity contribution in [1.29, 1.82) is 0 Å². The lowest BCUT2D eigenvalue weighted by molar-refractivity contribution is 0.483. The number of para-hydroxylation sites is 1. The second kappa shape index (κ2) is 7.02. The van der Waals surface area contributed by atoms with Crippen molar-refractivity contribution >= 4 is 11.8 Å². The average Bonchev–Trinajstić information content (AvgIpc) is 3.08. The molecule has 4 aromatic rings. The summed E-state index contributed by atoms with van der Waals surface area (Å²) in [6, 6.07) is 19.2. The number of nitrogens with zero attached hydrogens (tertiary/aromatic N) is 4. The van der Waals surface area contributed by atoms with Crippen LogP contribution in [0.25, 0.3) is 11.3 Å². The summed E-state index contributed by atoms with van der Waals surface area (Å²) < 4.78 is 5.88. The van der Waals surface area contributed by atoms with Crippen LogP contribution in [0.4, 0.5) is 11.8 Å². The summed E-state index contributed by atoms with van der Waals surface area (Å²) >= 11 is 0. The SMILES string of the molecule is Cc1cc(Nc2nncc(-c3cccc(Oc4ccccc4)c3)n2)n[nH]1. The summed E-state index contributed by atoms with van der Waals surface area (Å²) in [5.41, 5.74) is 2.52. The van der Waals surface area contributed by atoms with Gasteiger partial charge in [-0.2, -0.15) is 10.2 Å². The molecule has 0 radical (unpaired) electrons. The Bertz CT molecular complexity index is 1020. The molecule has 0 aliphatic heterocycles. The molecule has 2 heterocycles. The van der Waals surface area contributed by atoms with Crippen molar-refractivity contribution in [3.05, 3.63) is 72.6 Å². The van der Waals surface area contributed by atoms with Crippen molar-refractivity contribution in [3.8, 4) is 22.8 Å². The molecule has 128 valence electrons. The second-order valence-electron chi connectivity index (χ2n) is 5.67. The summed E-state index contributed by atoms with van der Waals surface area (Å²) in [5, 5.41) is 18.0. The number of nitrogens with one attached hydrogen (secondary N) is 2. The average molecular weight is 344 g/mol. The Morgan fingerprint density at radius 1 is 0.962 bits per heavy atom. The van der Waals surface area contributed by atoms with Crippen LogP contribution in [0.3, 0.4) is 0 Å². The summed E-state index contributed by atoms with van der Waals surface area (Å²) in [5.74, 6) is 2.53. The number of anilines is 2. The maximum atomic E-state index is 5.88. The third kappa shape index (κ3) is 3.67. The normalized spacial score (nSPS) is 10.5. The van der Waals surface area contributed by atoms with Crippen LogP contribution < -0.4 is 10.1 Å². The number of rotatable bonds is 5. The first-order valence-electron chi connectivity index (χ1n) is 8.08. The fourth-order valence-electron chi connectivity index (χ4n) is 2.44. The van der Waals surface area contributed by atoms with Gasteiger partial charge >= 0.3 is 0 Å². The van der Waals surface area contributed by atoms with Crippen LogP contribution in [0.5, 0.6) is 11.5 Å². The summed E-state index contributed by atoms with van der Waals surface area (Å²) in [7, 11) is 0. The van der Waals surface area contributed by atoms with Gasteiger partial charge in [0.2, 0.25) is 5.95 Å². The smallest absolute Gasteiger partial charge is 0.248 e. The fourth-order valence-corrected chi connectivity index (χ4v) is 2.44. The van der Waals surface area contributed by atoms with Gasteiger partial charge in [0.25, 0.3) is 0 Å². The number of aryl methyl sites for hydroxylation is 1. The molecular weight excluding hydrogens is 328 g/mol. The molecule has 7 heteroatoms. The van der Waals surface area contributed by atoms with E-state index in [4.69, 9.17) is 4.74 Å². The number of ether oxygens (including phenoxy) is 1. The molecule has 0 unspecified atom stereocenters. The minimum Gasteiger partial charge on any atom is -0.457 e. The summed E-state index contributed by atoms with van der Waals surface area (Å²) in [6.07, 6.45) is 1.61. The number of hydrogen-bond donors (Lipinski definition) is 2. The van der Waals surface area contributed by atoms with Crippen LogP contribution in [0, 0.1) is 6.92 Å². The first-order valence-corrected chi connectivity index (χ1v) is 8.08. The van der Waals surface area contributed by atoms with E-state index in [9.17, 15) is 0 Å². The highest BCUT2D eigenvalue weighted by Gasteiger charge is 2.07. The maximum Gasteiger partial charge on any atom is 0.248 e. The van der Waals surface area contributed by atoms with E-state index in [0.717, 1.165) is 22.8 Å². The molecule has 26 heavy (non-hydrogen) atoms. The van der Waals surface area contributed by atoms with Gasteiger partial charge in [0.05, 0.1) is 11.9 Å². The van der Waals surface area contributed by atoms with Crippen LogP contribution in [0.2, 0.25) is 0 Å². The summed E-state index contributed by atoms with van der Waals surface area (Å²) in [4.78, 5) is 4.50. The molecule has 0 spiro atoms. The van der Waals surface area contributed by atoms with Gasteiger partial charge in [-0.05, 0) is 31.2 Å². The highest BCUT2D eigenvalue weighted by molar-refractivity contribution is 5.62. The lowest BCUT2D eigenvalue weighted by Gasteiger charge is -2.08. The van der Waals surface area contributed by atoms with E-state index in [1.165, 1.54) is 0 Å². The fraction of sp³-hybridized carbons (Fsp3) is 0.0526. The monoisotopic (exact) mass is 344 g/mol.